The number of anilines is 2. The number of nitrogens with two attached hydrogens (primary N) is 2. The first kappa shape index (κ1) is 10.4. The fourth-order valence-corrected chi connectivity index (χ4v) is 1.75. The smallest absolute Gasteiger partial charge is 0.0591 e. The quantitative estimate of drug-likeness (QED) is 0.745. The molecule has 0 spiro atoms. The summed E-state index contributed by atoms with van der Waals surface area (Å²) in [7, 11) is 0. The Morgan fingerprint density at radius 3 is 2.23 bits per heavy atom. The van der Waals surface area contributed by atoms with Gasteiger partial charge in [-0.05, 0) is 30.0 Å². The number of rotatable bonds is 1. The number of nitrogen functional groups attached to an aromatic ring is 2. The summed E-state index contributed by atoms with van der Waals surface area (Å²) in [4.78, 5) is 0. The van der Waals surface area contributed by atoms with E-state index in [0.717, 1.165) is 21.3 Å². The Balaban J connectivity index is 3.41. The minimum atomic E-state index is 0.402. The number of hydrogen-bond acceptors (Lipinski definition) is 2. The van der Waals surface area contributed by atoms with E-state index in [2.05, 4.69) is 29.8 Å². The topological polar surface area (TPSA) is 52.0 Å². The molecule has 0 radical (unpaired) electrons. The van der Waals surface area contributed by atoms with E-state index < -0.39 is 0 Å². The highest BCUT2D eigenvalue weighted by atomic mass is 79.9. The fraction of sp³-hybridized carbons (Fsp3) is 0.400. The summed E-state index contributed by atoms with van der Waals surface area (Å²) in [5, 5.41) is 0. The van der Waals surface area contributed by atoms with Gasteiger partial charge in [-0.25, -0.2) is 0 Å². The normalized spacial score (nSPS) is 10.8. The molecule has 0 saturated carbocycles. The molecule has 0 saturated heterocycles. The van der Waals surface area contributed by atoms with E-state index in [9.17, 15) is 0 Å². The van der Waals surface area contributed by atoms with Gasteiger partial charge in [-0.15, -0.1) is 0 Å². The molecule has 0 aliphatic carbocycles. The van der Waals surface area contributed by atoms with Crippen molar-refractivity contribution in [2.24, 2.45) is 0 Å². The molecule has 4 N–H and O–H groups in total. The molecule has 0 bridgehead atoms. The van der Waals surface area contributed by atoms with E-state index in [1.807, 2.05) is 13.0 Å². The van der Waals surface area contributed by atoms with Crippen molar-refractivity contribution in [1.29, 1.82) is 0 Å². The van der Waals surface area contributed by atoms with Crippen LogP contribution in [0.4, 0.5) is 11.4 Å². The molecule has 0 aliphatic heterocycles. The zero-order valence-corrected chi connectivity index (χ0v) is 9.77. The largest absolute Gasteiger partial charge is 0.397 e. The minimum absolute atomic E-state index is 0.402. The van der Waals surface area contributed by atoms with Gasteiger partial charge in [0.15, 0.2) is 0 Å². The lowest BCUT2D eigenvalue weighted by Gasteiger charge is -2.14. The molecule has 0 unspecified atom stereocenters. The molecular formula is C10H15BrN2. The van der Waals surface area contributed by atoms with Crippen LogP contribution < -0.4 is 11.5 Å². The van der Waals surface area contributed by atoms with Crippen LogP contribution in [0.5, 0.6) is 0 Å². The van der Waals surface area contributed by atoms with Crippen molar-refractivity contribution in [2.45, 2.75) is 26.7 Å². The highest BCUT2D eigenvalue weighted by Gasteiger charge is 2.11. The number of hydrogen-bond donors (Lipinski definition) is 2. The zero-order valence-electron chi connectivity index (χ0n) is 8.19. The second-order valence-electron chi connectivity index (χ2n) is 3.55. The molecule has 72 valence electrons. The van der Waals surface area contributed by atoms with Gasteiger partial charge in [-0.3, -0.25) is 0 Å². The van der Waals surface area contributed by atoms with Crippen LogP contribution in [0.25, 0.3) is 0 Å². The third-order valence-electron chi connectivity index (χ3n) is 2.27. The first-order valence-corrected chi connectivity index (χ1v) is 5.08. The summed E-state index contributed by atoms with van der Waals surface area (Å²) in [5.41, 5.74) is 15.3. The summed E-state index contributed by atoms with van der Waals surface area (Å²) in [5.74, 6) is 0.402. The Hall–Kier alpha value is -0.700. The maximum Gasteiger partial charge on any atom is 0.0591 e. The molecule has 2 nitrogen and oxygen atoms in total. The predicted molar refractivity (Wildman–Crippen MR) is 61.8 cm³/mol. The van der Waals surface area contributed by atoms with Crippen LogP contribution in [0, 0.1) is 6.92 Å². The molecule has 1 rings (SSSR count). The van der Waals surface area contributed by atoms with Gasteiger partial charge in [0.1, 0.15) is 0 Å². The Morgan fingerprint density at radius 1 is 1.23 bits per heavy atom. The van der Waals surface area contributed by atoms with Crippen molar-refractivity contribution in [3.8, 4) is 0 Å². The molecule has 3 heteroatoms. The van der Waals surface area contributed by atoms with Gasteiger partial charge >= 0.3 is 0 Å². The van der Waals surface area contributed by atoms with Crippen LogP contribution in [-0.4, -0.2) is 0 Å². The van der Waals surface area contributed by atoms with Crippen LogP contribution >= 0.6 is 15.9 Å². The average Bonchev–Trinajstić information content (AvgIpc) is 2.07. The third-order valence-corrected chi connectivity index (χ3v) is 3.09. The lowest BCUT2D eigenvalue weighted by atomic mass is 9.98. The van der Waals surface area contributed by atoms with Gasteiger partial charge in [0, 0.05) is 4.47 Å². The third kappa shape index (κ3) is 1.80. The van der Waals surface area contributed by atoms with Crippen molar-refractivity contribution in [2.75, 3.05) is 11.5 Å². The van der Waals surface area contributed by atoms with Crippen molar-refractivity contribution in [3.05, 3.63) is 21.7 Å². The van der Waals surface area contributed by atoms with Crippen LogP contribution in [-0.2, 0) is 0 Å². The Labute approximate surface area is 87.4 Å². The van der Waals surface area contributed by atoms with Crippen molar-refractivity contribution in [1.82, 2.24) is 0 Å². The van der Waals surface area contributed by atoms with E-state index >= 15 is 0 Å². The minimum Gasteiger partial charge on any atom is -0.397 e. The Morgan fingerprint density at radius 2 is 1.77 bits per heavy atom. The van der Waals surface area contributed by atoms with Gasteiger partial charge in [0.05, 0.1) is 11.4 Å². The Kier molecular flexibility index (Phi) is 2.86. The van der Waals surface area contributed by atoms with Crippen LogP contribution in [0.3, 0.4) is 0 Å². The molecule has 0 aliphatic rings. The lowest BCUT2D eigenvalue weighted by Crippen LogP contribution is -2.03. The highest BCUT2D eigenvalue weighted by Crippen LogP contribution is 2.34. The molecule has 0 aromatic heterocycles. The van der Waals surface area contributed by atoms with E-state index in [4.69, 9.17) is 11.5 Å². The average molecular weight is 243 g/mol. The van der Waals surface area contributed by atoms with Crippen molar-refractivity contribution < 1.29 is 0 Å². The molecule has 1 aromatic carbocycles. The SMILES string of the molecule is Cc1c(Br)cc(C(C)C)c(N)c1N. The van der Waals surface area contributed by atoms with E-state index in [1.165, 1.54) is 0 Å². The second kappa shape index (κ2) is 3.58. The summed E-state index contributed by atoms with van der Waals surface area (Å²) in [6.45, 7) is 6.17. The fourth-order valence-electron chi connectivity index (χ4n) is 1.29. The molecule has 1 aromatic rings. The summed E-state index contributed by atoms with van der Waals surface area (Å²) in [6, 6.07) is 2.05. The molecule has 0 atom stereocenters. The highest BCUT2D eigenvalue weighted by molar-refractivity contribution is 9.10. The first-order valence-electron chi connectivity index (χ1n) is 4.29. The van der Waals surface area contributed by atoms with E-state index in [-0.39, 0.29) is 0 Å². The van der Waals surface area contributed by atoms with Gasteiger partial charge in [0.2, 0.25) is 0 Å². The summed E-state index contributed by atoms with van der Waals surface area (Å²) < 4.78 is 1.03. The molecule has 0 heterocycles. The van der Waals surface area contributed by atoms with Crippen LogP contribution in [0.1, 0.15) is 30.9 Å². The molecule has 13 heavy (non-hydrogen) atoms. The maximum absolute atomic E-state index is 5.91. The van der Waals surface area contributed by atoms with Gasteiger partial charge in [-0.2, -0.15) is 0 Å². The van der Waals surface area contributed by atoms with E-state index in [0.29, 0.717) is 11.6 Å². The number of halogens is 1. The van der Waals surface area contributed by atoms with Gasteiger partial charge in [0.25, 0.3) is 0 Å². The molecule has 0 fully saturated rings. The second-order valence-corrected chi connectivity index (χ2v) is 4.41. The van der Waals surface area contributed by atoms with E-state index in [1.54, 1.807) is 0 Å². The first-order chi connectivity index (χ1) is 5.95. The summed E-state index contributed by atoms with van der Waals surface area (Å²) in [6.07, 6.45) is 0. The Bertz CT molecular complexity index is 332. The van der Waals surface area contributed by atoms with Gasteiger partial charge < -0.3 is 11.5 Å². The zero-order chi connectivity index (χ0) is 10.2. The van der Waals surface area contributed by atoms with Crippen LogP contribution in [0.15, 0.2) is 10.5 Å². The maximum atomic E-state index is 5.91. The lowest BCUT2D eigenvalue weighted by molar-refractivity contribution is 0.869. The molecular weight excluding hydrogens is 228 g/mol. The standard InChI is InChI=1S/C10H15BrN2/c1-5(2)7-4-8(11)6(3)9(12)10(7)13/h4-5H,12-13H2,1-3H3. The summed E-state index contributed by atoms with van der Waals surface area (Å²) >= 11 is 3.46. The van der Waals surface area contributed by atoms with Crippen LogP contribution in [0.2, 0.25) is 0 Å². The molecule has 0 amide bonds. The number of benzene rings is 1. The monoisotopic (exact) mass is 242 g/mol. The van der Waals surface area contributed by atoms with Crippen molar-refractivity contribution in [3.63, 3.8) is 0 Å². The van der Waals surface area contributed by atoms with Gasteiger partial charge in [-0.1, -0.05) is 29.8 Å². The predicted octanol–water partition coefficient (Wildman–Crippen LogP) is 3.05. The van der Waals surface area contributed by atoms with Crippen molar-refractivity contribution >= 4 is 27.3 Å².